The zero-order valence-electron chi connectivity index (χ0n) is 20.4. The van der Waals surface area contributed by atoms with Crippen molar-refractivity contribution in [1.82, 2.24) is 0 Å². The van der Waals surface area contributed by atoms with Crippen LogP contribution in [0.15, 0.2) is 42.5 Å². The number of epoxide rings is 1. The Kier molecular flexibility index (Phi) is 7.52. The van der Waals surface area contributed by atoms with E-state index in [1.54, 1.807) is 18.2 Å². The van der Waals surface area contributed by atoms with E-state index in [2.05, 4.69) is 12.2 Å². The van der Waals surface area contributed by atoms with Gasteiger partial charge < -0.3 is 9.47 Å². The molecule has 2 saturated carbocycles. The Morgan fingerprint density at radius 2 is 1.54 bits per heavy atom. The number of rotatable bonds is 7. The zero-order chi connectivity index (χ0) is 24.4. The lowest BCUT2D eigenvalue weighted by atomic mass is 9.78. The molecule has 0 bridgehead atoms. The molecular formula is C30H35F3O2. The van der Waals surface area contributed by atoms with Crippen LogP contribution in [-0.2, 0) is 4.74 Å². The molecule has 0 N–H and O–H groups in total. The van der Waals surface area contributed by atoms with Crippen molar-refractivity contribution in [3.8, 4) is 5.75 Å². The summed E-state index contributed by atoms with van der Waals surface area (Å²) < 4.78 is 55.1. The number of ether oxygens (including phenoxy) is 2. The van der Waals surface area contributed by atoms with Crippen molar-refractivity contribution in [3.63, 3.8) is 0 Å². The maximum atomic E-state index is 14.9. The molecule has 2 nitrogen and oxygen atoms in total. The largest absolute Gasteiger partial charge is 0.490 e. The van der Waals surface area contributed by atoms with Gasteiger partial charge in [0.2, 0.25) is 5.82 Å². The van der Waals surface area contributed by atoms with E-state index in [1.807, 2.05) is 19.1 Å². The second-order valence-corrected chi connectivity index (χ2v) is 10.5. The van der Waals surface area contributed by atoms with Crippen LogP contribution in [0.2, 0.25) is 0 Å². The summed E-state index contributed by atoms with van der Waals surface area (Å²) in [4.78, 5) is 0. The third-order valence-electron chi connectivity index (χ3n) is 8.25. The van der Waals surface area contributed by atoms with Gasteiger partial charge in [-0.15, -0.1) is 0 Å². The highest BCUT2D eigenvalue weighted by atomic mass is 19.2. The molecule has 2 aliphatic carbocycles. The molecular weight excluding hydrogens is 449 g/mol. The van der Waals surface area contributed by atoms with Crippen LogP contribution in [0.1, 0.15) is 92.9 Å². The highest BCUT2D eigenvalue weighted by Crippen LogP contribution is 2.41. The highest BCUT2D eigenvalue weighted by molar-refractivity contribution is 5.34. The van der Waals surface area contributed by atoms with Gasteiger partial charge in [-0.1, -0.05) is 30.4 Å². The van der Waals surface area contributed by atoms with E-state index in [0.717, 1.165) is 56.9 Å². The average Bonchev–Trinajstić information content (AvgIpc) is 3.71. The molecule has 5 heteroatoms. The highest BCUT2D eigenvalue weighted by Gasteiger charge is 2.30. The van der Waals surface area contributed by atoms with Gasteiger partial charge in [-0.2, -0.15) is 4.39 Å². The lowest BCUT2D eigenvalue weighted by Crippen LogP contribution is -2.20. The Morgan fingerprint density at radius 3 is 2.20 bits per heavy atom. The summed E-state index contributed by atoms with van der Waals surface area (Å²) in [5, 5.41) is 0. The minimum absolute atomic E-state index is 0.0101. The topological polar surface area (TPSA) is 21.8 Å². The van der Waals surface area contributed by atoms with Crippen LogP contribution in [0.3, 0.4) is 0 Å². The van der Waals surface area contributed by atoms with Crippen LogP contribution >= 0.6 is 0 Å². The second kappa shape index (κ2) is 10.8. The molecule has 1 aliphatic heterocycles. The number of hydrogen-bond donors (Lipinski definition) is 0. The lowest BCUT2D eigenvalue weighted by Gasteiger charge is -2.29. The van der Waals surface area contributed by atoms with Crippen molar-refractivity contribution in [2.24, 2.45) is 11.8 Å². The molecule has 1 unspecified atom stereocenters. The summed E-state index contributed by atoms with van der Waals surface area (Å²) in [6.07, 6.45) is 11.8. The number of hydrogen-bond acceptors (Lipinski definition) is 2. The molecule has 3 fully saturated rings. The molecule has 0 aromatic heterocycles. The van der Waals surface area contributed by atoms with Crippen molar-refractivity contribution < 1.29 is 22.6 Å². The Hall–Kier alpha value is -2.27. The van der Waals surface area contributed by atoms with Crippen LogP contribution < -0.4 is 4.74 Å². The van der Waals surface area contributed by atoms with Crippen LogP contribution in [0.4, 0.5) is 13.2 Å². The Morgan fingerprint density at radius 1 is 0.857 bits per heavy atom. The summed E-state index contributed by atoms with van der Waals surface area (Å²) in [6, 6.07) is 8.85. The van der Waals surface area contributed by atoms with Gasteiger partial charge in [-0.05, 0) is 105 Å². The van der Waals surface area contributed by atoms with Gasteiger partial charge in [0.25, 0.3) is 0 Å². The minimum atomic E-state index is -0.859. The van der Waals surface area contributed by atoms with Crippen molar-refractivity contribution in [2.45, 2.75) is 76.2 Å². The molecule has 2 aromatic rings. The van der Waals surface area contributed by atoms with Gasteiger partial charge in [0.15, 0.2) is 11.6 Å². The summed E-state index contributed by atoms with van der Waals surface area (Å²) in [5.41, 5.74) is 2.17. The van der Waals surface area contributed by atoms with E-state index in [0.29, 0.717) is 42.1 Å². The van der Waals surface area contributed by atoms with E-state index >= 15 is 0 Å². The van der Waals surface area contributed by atoms with Crippen LogP contribution in [0.5, 0.6) is 5.75 Å². The van der Waals surface area contributed by atoms with Crippen molar-refractivity contribution in [3.05, 3.63) is 76.6 Å². The van der Waals surface area contributed by atoms with E-state index in [-0.39, 0.29) is 23.6 Å². The van der Waals surface area contributed by atoms with Gasteiger partial charge in [-0.3, -0.25) is 0 Å². The number of halogens is 3. The fourth-order valence-corrected chi connectivity index (χ4v) is 6.02. The van der Waals surface area contributed by atoms with E-state index in [9.17, 15) is 13.2 Å². The second-order valence-electron chi connectivity index (χ2n) is 10.5. The Labute approximate surface area is 206 Å². The van der Waals surface area contributed by atoms with E-state index in [4.69, 9.17) is 9.47 Å². The molecule has 0 radical (unpaired) electrons. The summed E-state index contributed by atoms with van der Waals surface area (Å²) in [7, 11) is 0. The molecule has 188 valence electrons. The smallest absolute Gasteiger partial charge is 0.200 e. The molecule has 0 amide bonds. The molecule has 1 atom stereocenters. The predicted molar refractivity (Wildman–Crippen MR) is 131 cm³/mol. The average molecular weight is 485 g/mol. The molecule has 1 heterocycles. The SMILES string of the molecule is C/C=C/C1CCC(c2ccc(OCC3CCC(c4ccc(C5CO5)c(F)c4)CC3)c(F)c2F)CC1. The quantitative estimate of drug-likeness (QED) is 0.291. The summed E-state index contributed by atoms with van der Waals surface area (Å²) in [6.45, 7) is 3.01. The maximum Gasteiger partial charge on any atom is 0.200 e. The first-order valence-corrected chi connectivity index (χ1v) is 13.2. The first-order valence-electron chi connectivity index (χ1n) is 13.2. The summed E-state index contributed by atoms with van der Waals surface area (Å²) >= 11 is 0. The Balaban J connectivity index is 1.13. The van der Waals surface area contributed by atoms with Gasteiger partial charge in [0.05, 0.1) is 13.2 Å². The fraction of sp³-hybridized carbons (Fsp3) is 0.533. The maximum absolute atomic E-state index is 14.9. The van der Waals surface area contributed by atoms with E-state index in [1.165, 1.54) is 0 Å². The van der Waals surface area contributed by atoms with Crippen molar-refractivity contribution in [2.75, 3.05) is 13.2 Å². The van der Waals surface area contributed by atoms with Crippen LogP contribution in [0, 0.1) is 29.3 Å². The lowest BCUT2D eigenvalue weighted by molar-refractivity contribution is 0.192. The molecule has 2 aromatic carbocycles. The predicted octanol–water partition coefficient (Wildman–Crippen LogP) is 8.38. The third kappa shape index (κ3) is 5.61. The third-order valence-corrected chi connectivity index (χ3v) is 8.25. The van der Waals surface area contributed by atoms with Crippen LogP contribution in [0.25, 0.3) is 0 Å². The van der Waals surface area contributed by atoms with Crippen LogP contribution in [-0.4, -0.2) is 13.2 Å². The number of allylic oxidation sites excluding steroid dienone is 2. The summed E-state index contributed by atoms with van der Waals surface area (Å²) in [5.74, 6) is -0.530. The van der Waals surface area contributed by atoms with E-state index < -0.39 is 11.6 Å². The molecule has 3 aliphatic rings. The molecule has 5 rings (SSSR count). The normalized spacial score (nSPS) is 28.9. The molecule has 1 saturated heterocycles. The number of benzene rings is 2. The van der Waals surface area contributed by atoms with Crippen molar-refractivity contribution in [1.29, 1.82) is 0 Å². The van der Waals surface area contributed by atoms with Gasteiger partial charge in [0.1, 0.15) is 11.9 Å². The monoisotopic (exact) mass is 484 g/mol. The van der Waals surface area contributed by atoms with Crippen molar-refractivity contribution >= 4 is 0 Å². The first-order chi connectivity index (χ1) is 17.0. The zero-order valence-corrected chi connectivity index (χ0v) is 20.4. The molecule has 0 spiro atoms. The molecule has 35 heavy (non-hydrogen) atoms. The first kappa shape index (κ1) is 24.4. The fourth-order valence-electron chi connectivity index (χ4n) is 6.02. The minimum Gasteiger partial charge on any atom is -0.490 e. The van der Waals surface area contributed by atoms with Gasteiger partial charge in [-0.25, -0.2) is 8.78 Å². The standard InChI is InChI=1S/C30H35F3O2/c1-2-3-19-4-10-22(11-5-19)24-14-15-27(30(33)29(24)32)34-17-20-6-8-21(9-7-20)23-12-13-25(26(31)16-23)28-18-35-28/h2-3,12-16,19-22,28H,4-11,17-18H2,1H3/b3-2+. The Bertz CT molecular complexity index is 1050. The van der Waals surface area contributed by atoms with Gasteiger partial charge >= 0.3 is 0 Å². The van der Waals surface area contributed by atoms with Gasteiger partial charge in [0, 0.05) is 5.56 Å².